The number of nitrogens with one attached hydrogen (secondary N) is 1. The minimum atomic E-state index is -0.0402. The highest BCUT2D eigenvalue weighted by atomic mass is 16.5. The summed E-state index contributed by atoms with van der Waals surface area (Å²) >= 11 is 0. The Kier molecular flexibility index (Phi) is 3.75. The third-order valence-electron chi connectivity index (χ3n) is 4.18. The second-order valence-electron chi connectivity index (χ2n) is 5.51. The fourth-order valence-corrected chi connectivity index (χ4v) is 2.92. The van der Waals surface area contributed by atoms with Gasteiger partial charge < -0.3 is 15.2 Å². The van der Waals surface area contributed by atoms with E-state index in [1.165, 1.54) is 12.7 Å². The molecule has 1 aliphatic rings. The zero-order chi connectivity index (χ0) is 15.7. The van der Waals surface area contributed by atoms with Crippen LogP contribution in [-0.4, -0.2) is 18.1 Å². The molecule has 1 atom stereocenters. The predicted octanol–water partition coefficient (Wildman–Crippen LogP) is 3.44. The summed E-state index contributed by atoms with van der Waals surface area (Å²) in [6, 6.07) is 11.7. The Bertz CT molecular complexity index is 707. The van der Waals surface area contributed by atoms with Gasteiger partial charge in [0.2, 0.25) is 5.91 Å². The van der Waals surface area contributed by atoms with Gasteiger partial charge in [-0.25, -0.2) is 0 Å². The molecule has 22 heavy (non-hydrogen) atoms. The monoisotopic (exact) mass is 297 g/mol. The Hall–Kier alpha value is -2.49. The van der Waals surface area contributed by atoms with Gasteiger partial charge in [-0.3, -0.25) is 4.79 Å². The number of phenols is 1. The fourth-order valence-electron chi connectivity index (χ4n) is 2.92. The number of rotatable bonds is 3. The zero-order valence-corrected chi connectivity index (χ0v) is 12.7. The minimum absolute atomic E-state index is 0.0239. The molecule has 1 unspecified atom stereocenters. The molecule has 0 saturated heterocycles. The number of carbonyl (C=O) groups is 1. The van der Waals surface area contributed by atoms with Crippen molar-refractivity contribution >= 4 is 11.6 Å². The summed E-state index contributed by atoms with van der Waals surface area (Å²) in [6.45, 7) is 2.12. The minimum Gasteiger partial charge on any atom is -0.504 e. The van der Waals surface area contributed by atoms with Crippen molar-refractivity contribution in [2.24, 2.45) is 0 Å². The van der Waals surface area contributed by atoms with E-state index in [2.05, 4.69) is 36.5 Å². The van der Waals surface area contributed by atoms with Crippen molar-refractivity contribution in [2.45, 2.75) is 25.7 Å². The Morgan fingerprint density at radius 2 is 2.00 bits per heavy atom. The van der Waals surface area contributed by atoms with Crippen molar-refractivity contribution in [3.05, 3.63) is 53.1 Å². The van der Waals surface area contributed by atoms with Gasteiger partial charge in [-0.15, -0.1) is 0 Å². The maximum absolute atomic E-state index is 12.0. The van der Waals surface area contributed by atoms with E-state index in [-0.39, 0.29) is 17.6 Å². The molecule has 2 N–H and O–H groups in total. The lowest BCUT2D eigenvalue weighted by molar-refractivity contribution is -0.116. The van der Waals surface area contributed by atoms with Gasteiger partial charge in [0.1, 0.15) is 0 Å². The summed E-state index contributed by atoms with van der Waals surface area (Å²) in [5.74, 6) is 0.388. The molecule has 0 aromatic heterocycles. The summed E-state index contributed by atoms with van der Waals surface area (Å²) in [6.07, 6.45) is 1.39. The lowest BCUT2D eigenvalue weighted by Gasteiger charge is -2.27. The molecule has 0 saturated carbocycles. The van der Waals surface area contributed by atoms with Crippen LogP contribution >= 0.6 is 0 Å². The Morgan fingerprint density at radius 1 is 1.27 bits per heavy atom. The molecule has 1 heterocycles. The standard InChI is InChI=1S/C18H19NO3/c1-3-11-4-6-12(7-5-11)13-9-18(21)19-15-10-16(20)17(22-2)8-14(13)15/h4-8,10,13,20H,3,9H2,1-2H3,(H,19,21). The van der Waals surface area contributed by atoms with Gasteiger partial charge in [0, 0.05) is 24.1 Å². The number of aryl methyl sites for hydroxylation is 1. The molecule has 4 nitrogen and oxygen atoms in total. The largest absolute Gasteiger partial charge is 0.504 e. The zero-order valence-electron chi connectivity index (χ0n) is 12.7. The van der Waals surface area contributed by atoms with E-state index in [0.29, 0.717) is 17.9 Å². The molecule has 114 valence electrons. The topological polar surface area (TPSA) is 58.6 Å². The number of ether oxygens (including phenoxy) is 1. The van der Waals surface area contributed by atoms with Crippen LogP contribution in [0.2, 0.25) is 0 Å². The number of methoxy groups -OCH3 is 1. The molecule has 0 radical (unpaired) electrons. The van der Waals surface area contributed by atoms with Crippen molar-refractivity contribution in [2.75, 3.05) is 12.4 Å². The van der Waals surface area contributed by atoms with Gasteiger partial charge in [-0.1, -0.05) is 31.2 Å². The van der Waals surface area contributed by atoms with Gasteiger partial charge in [-0.2, -0.15) is 0 Å². The summed E-state index contributed by atoms with van der Waals surface area (Å²) < 4.78 is 5.20. The first-order valence-electron chi connectivity index (χ1n) is 7.42. The van der Waals surface area contributed by atoms with Crippen LogP contribution in [0.4, 0.5) is 5.69 Å². The second-order valence-corrected chi connectivity index (χ2v) is 5.51. The van der Waals surface area contributed by atoms with Crippen molar-refractivity contribution in [3.8, 4) is 11.5 Å². The number of amides is 1. The van der Waals surface area contributed by atoms with Crippen molar-refractivity contribution in [1.82, 2.24) is 0 Å². The number of anilines is 1. The number of fused-ring (bicyclic) bond motifs is 1. The number of phenolic OH excluding ortho intramolecular Hbond substituents is 1. The summed E-state index contributed by atoms with van der Waals surface area (Å²) in [5.41, 5.74) is 3.99. The molecular weight excluding hydrogens is 278 g/mol. The van der Waals surface area contributed by atoms with Gasteiger partial charge in [-0.05, 0) is 29.2 Å². The molecular formula is C18H19NO3. The molecule has 0 bridgehead atoms. The Labute approximate surface area is 129 Å². The molecule has 2 aromatic rings. The molecule has 0 spiro atoms. The van der Waals surface area contributed by atoms with Crippen LogP contribution in [-0.2, 0) is 11.2 Å². The lowest BCUT2D eigenvalue weighted by Crippen LogP contribution is -2.23. The molecule has 3 rings (SSSR count). The first-order valence-corrected chi connectivity index (χ1v) is 7.42. The third-order valence-corrected chi connectivity index (χ3v) is 4.18. The van der Waals surface area contributed by atoms with Crippen molar-refractivity contribution in [3.63, 3.8) is 0 Å². The average Bonchev–Trinajstić information content (AvgIpc) is 2.53. The summed E-state index contributed by atoms with van der Waals surface area (Å²) in [5, 5.41) is 12.7. The summed E-state index contributed by atoms with van der Waals surface area (Å²) in [4.78, 5) is 12.0. The van der Waals surface area contributed by atoms with Gasteiger partial charge in [0.15, 0.2) is 11.5 Å². The first kappa shape index (κ1) is 14.4. The van der Waals surface area contributed by atoms with Crippen LogP contribution in [0.1, 0.15) is 36.0 Å². The molecule has 4 heteroatoms. The van der Waals surface area contributed by atoms with Crippen molar-refractivity contribution < 1.29 is 14.6 Å². The van der Waals surface area contributed by atoms with Gasteiger partial charge in [0.05, 0.1) is 7.11 Å². The van der Waals surface area contributed by atoms with Crippen LogP contribution in [0.5, 0.6) is 11.5 Å². The highest BCUT2D eigenvalue weighted by Gasteiger charge is 2.28. The normalized spacial score (nSPS) is 16.8. The predicted molar refractivity (Wildman–Crippen MR) is 85.6 cm³/mol. The van der Waals surface area contributed by atoms with E-state index in [1.807, 2.05) is 6.07 Å². The number of carbonyl (C=O) groups excluding carboxylic acids is 1. The number of benzene rings is 2. The maximum atomic E-state index is 12.0. The van der Waals surface area contributed by atoms with E-state index in [4.69, 9.17) is 4.74 Å². The van der Waals surface area contributed by atoms with Crippen LogP contribution in [0.15, 0.2) is 36.4 Å². The van der Waals surface area contributed by atoms with Crippen LogP contribution < -0.4 is 10.1 Å². The number of hydrogen-bond donors (Lipinski definition) is 2. The SMILES string of the molecule is CCc1ccc(C2CC(=O)Nc3cc(O)c(OC)cc32)cc1. The molecule has 0 fully saturated rings. The fraction of sp³-hybridized carbons (Fsp3) is 0.278. The molecule has 1 aliphatic heterocycles. The molecule has 1 amide bonds. The van der Waals surface area contributed by atoms with Crippen LogP contribution in [0.3, 0.4) is 0 Å². The Morgan fingerprint density at radius 3 is 2.64 bits per heavy atom. The van der Waals surface area contributed by atoms with Gasteiger partial charge in [0.25, 0.3) is 0 Å². The van der Waals surface area contributed by atoms with E-state index in [0.717, 1.165) is 17.5 Å². The van der Waals surface area contributed by atoms with Gasteiger partial charge >= 0.3 is 0 Å². The quantitative estimate of drug-likeness (QED) is 0.912. The highest BCUT2D eigenvalue weighted by molar-refractivity contribution is 5.96. The van der Waals surface area contributed by atoms with E-state index < -0.39 is 0 Å². The second kappa shape index (κ2) is 5.72. The lowest BCUT2D eigenvalue weighted by atomic mass is 9.84. The Balaban J connectivity index is 2.07. The first-order chi connectivity index (χ1) is 10.6. The van der Waals surface area contributed by atoms with Crippen molar-refractivity contribution in [1.29, 1.82) is 0 Å². The van der Waals surface area contributed by atoms with E-state index in [1.54, 1.807) is 6.07 Å². The molecule has 2 aromatic carbocycles. The highest BCUT2D eigenvalue weighted by Crippen LogP contribution is 2.42. The maximum Gasteiger partial charge on any atom is 0.225 e. The smallest absolute Gasteiger partial charge is 0.225 e. The third kappa shape index (κ3) is 2.52. The number of aromatic hydroxyl groups is 1. The number of hydrogen-bond acceptors (Lipinski definition) is 3. The average molecular weight is 297 g/mol. The molecule has 0 aliphatic carbocycles. The van der Waals surface area contributed by atoms with E-state index in [9.17, 15) is 9.90 Å². The van der Waals surface area contributed by atoms with E-state index >= 15 is 0 Å². The van der Waals surface area contributed by atoms with Crippen LogP contribution in [0, 0.1) is 0 Å². The van der Waals surface area contributed by atoms with Crippen LogP contribution in [0.25, 0.3) is 0 Å². The summed E-state index contributed by atoms with van der Waals surface area (Å²) in [7, 11) is 1.52.